The molecule has 0 unspecified atom stereocenters. The number of Topliss-reactive ketones (excluding diaryl/α,β-unsaturated/α-hetero) is 1. The molecule has 2 nitrogen and oxygen atoms in total. The zero-order chi connectivity index (χ0) is 16.3. The first kappa shape index (κ1) is 16.2. The van der Waals surface area contributed by atoms with Crippen molar-refractivity contribution in [1.82, 2.24) is 0 Å². The summed E-state index contributed by atoms with van der Waals surface area (Å²) in [6.45, 7) is 0. The molecule has 0 saturated carbocycles. The van der Waals surface area contributed by atoms with Crippen LogP contribution >= 0.6 is 23.2 Å². The Kier molecular flexibility index (Phi) is 4.92. The zero-order valence-corrected chi connectivity index (χ0v) is 12.4. The summed E-state index contributed by atoms with van der Waals surface area (Å²) in [5, 5.41) is 9.26. The molecule has 0 spiro atoms. The van der Waals surface area contributed by atoms with Gasteiger partial charge in [-0.1, -0.05) is 41.4 Å². The number of halogens is 4. The highest BCUT2D eigenvalue weighted by Gasteiger charge is 2.19. The number of nitriles is 1. The third kappa shape index (κ3) is 3.16. The lowest BCUT2D eigenvalue weighted by Crippen LogP contribution is -2.04. The molecule has 6 heteroatoms. The molecular formula is C16H7Cl2F2NO. The highest BCUT2D eigenvalue weighted by Crippen LogP contribution is 2.27. The van der Waals surface area contributed by atoms with E-state index in [2.05, 4.69) is 0 Å². The maximum Gasteiger partial charge on any atom is 0.206 e. The second kappa shape index (κ2) is 6.69. The lowest BCUT2D eigenvalue weighted by atomic mass is 10.0. The molecular weight excluding hydrogens is 331 g/mol. The van der Waals surface area contributed by atoms with E-state index in [1.165, 1.54) is 24.3 Å². The SMILES string of the molecule is N#CC(=Cc1cccc(F)c1F)C(=O)c1c(Cl)cccc1Cl. The minimum Gasteiger partial charge on any atom is -0.288 e. The smallest absolute Gasteiger partial charge is 0.206 e. The molecule has 0 N–H and O–H groups in total. The van der Waals surface area contributed by atoms with E-state index < -0.39 is 23.0 Å². The molecule has 0 radical (unpaired) electrons. The number of allylic oxidation sites excluding steroid dienone is 1. The molecule has 0 heterocycles. The number of nitrogens with zero attached hydrogens (tertiary/aromatic N) is 1. The maximum absolute atomic E-state index is 13.6. The molecule has 0 saturated heterocycles. The first-order valence-corrected chi connectivity index (χ1v) is 6.75. The Labute approximate surface area is 135 Å². The molecule has 0 bridgehead atoms. The minimum absolute atomic E-state index is 0.0598. The van der Waals surface area contributed by atoms with Crippen molar-refractivity contribution in [3.05, 3.63) is 74.8 Å². The largest absolute Gasteiger partial charge is 0.288 e. The average Bonchev–Trinajstić information content (AvgIpc) is 2.48. The fourth-order valence-corrected chi connectivity index (χ4v) is 2.35. The van der Waals surface area contributed by atoms with Crippen LogP contribution in [0.3, 0.4) is 0 Å². The van der Waals surface area contributed by atoms with Gasteiger partial charge in [-0.2, -0.15) is 5.26 Å². The highest BCUT2D eigenvalue weighted by atomic mass is 35.5. The molecule has 0 amide bonds. The van der Waals surface area contributed by atoms with Gasteiger partial charge in [0.15, 0.2) is 11.6 Å². The van der Waals surface area contributed by atoms with Crippen LogP contribution in [0.5, 0.6) is 0 Å². The summed E-state index contributed by atoms with van der Waals surface area (Å²) < 4.78 is 26.8. The second-order valence-corrected chi connectivity index (χ2v) is 5.05. The number of rotatable bonds is 3. The van der Waals surface area contributed by atoms with Gasteiger partial charge in [0.2, 0.25) is 5.78 Å². The van der Waals surface area contributed by atoms with Crippen molar-refractivity contribution in [1.29, 1.82) is 5.26 Å². The Bertz CT molecular complexity index is 805. The van der Waals surface area contributed by atoms with Crippen LogP contribution in [0.15, 0.2) is 42.0 Å². The van der Waals surface area contributed by atoms with Crippen molar-refractivity contribution in [2.24, 2.45) is 0 Å². The monoisotopic (exact) mass is 337 g/mol. The summed E-state index contributed by atoms with van der Waals surface area (Å²) in [5.41, 5.74) is -0.678. The molecule has 0 fully saturated rings. The molecule has 110 valence electrons. The molecule has 0 aromatic heterocycles. The summed E-state index contributed by atoms with van der Waals surface area (Å²) in [5.74, 6) is -2.98. The van der Waals surface area contributed by atoms with Crippen molar-refractivity contribution < 1.29 is 13.6 Å². The molecule has 2 rings (SSSR count). The Hall–Kier alpha value is -2.22. The van der Waals surface area contributed by atoms with Crippen LogP contribution in [0.2, 0.25) is 10.0 Å². The Balaban J connectivity index is 2.53. The Morgan fingerprint density at radius 1 is 1.09 bits per heavy atom. The van der Waals surface area contributed by atoms with Crippen LogP contribution in [-0.4, -0.2) is 5.78 Å². The molecule has 0 aliphatic rings. The number of benzene rings is 2. The van der Waals surface area contributed by atoms with Gasteiger partial charge in [0.1, 0.15) is 11.6 Å². The molecule has 22 heavy (non-hydrogen) atoms. The topological polar surface area (TPSA) is 40.9 Å². The van der Waals surface area contributed by atoms with Crippen LogP contribution in [0, 0.1) is 23.0 Å². The van der Waals surface area contributed by atoms with Crippen molar-refractivity contribution in [3.8, 4) is 6.07 Å². The Morgan fingerprint density at radius 3 is 2.27 bits per heavy atom. The first-order valence-electron chi connectivity index (χ1n) is 6.00. The van der Waals surface area contributed by atoms with E-state index in [1.807, 2.05) is 0 Å². The number of carbonyl (C=O) groups is 1. The number of hydrogen-bond acceptors (Lipinski definition) is 2. The molecule has 0 aliphatic carbocycles. The van der Waals surface area contributed by atoms with Crippen molar-refractivity contribution in [2.75, 3.05) is 0 Å². The number of carbonyl (C=O) groups excluding carboxylic acids is 1. The van der Waals surface area contributed by atoms with E-state index in [1.54, 1.807) is 12.1 Å². The normalized spacial score (nSPS) is 11.1. The van der Waals surface area contributed by atoms with E-state index in [0.29, 0.717) is 0 Å². The van der Waals surface area contributed by atoms with Gasteiger partial charge in [-0.15, -0.1) is 0 Å². The quantitative estimate of drug-likeness (QED) is 0.446. The van der Waals surface area contributed by atoms with Gasteiger partial charge in [0, 0.05) is 5.56 Å². The third-order valence-corrected chi connectivity index (χ3v) is 3.47. The lowest BCUT2D eigenvalue weighted by Gasteiger charge is -2.05. The van der Waals surface area contributed by atoms with Gasteiger partial charge in [-0.25, -0.2) is 8.78 Å². The van der Waals surface area contributed by atoms with Crippen LogP contribution < -0.4 is 0 Å². The predicted octanol–water partition coefficient (Wildman–Crippen LogP) is 5.06. The van der Waals surface area contributed by atoms with E-state index in [-0.39, 0.29) is 21.2 Å². The number of hydrogen-bond donors (Lipinski definition) is 0. The summed E-state index contributed by atoms with van der Waals surface area (Å²) >= 11 is 11.8. The summed E-state index contributed by atoms with van der Waals surface area (Å²) in [6, 6.07) is 9.54. The number of ketones is 1. The van der Waals surface area contributed by atoms with Crippen LogP contribution in [0.1, 0.15) is 15.9 Å². The van der Waals surface area contributed by atoms with Gasteiger partial charge in [-0.3, -0.25) is 4.79 Å². The maximum atomic E-state index is 13.6. The van der Waals surface area contributed by atoms with Gasteiger partial charge in [0.05, 0.1) is 15.6 Å². The van der Waals surface area contributed by atoms with E-state index >= 15 is 0 Å². The van der Waals surface area contributed by atoms with Crippen molar-refractivity contribution in [3.63, 3.8) is 0 Å². The van der Waals surface area contributed by atoms with Crippen molar-refractivity contribution in [2.45, 2.75) is 0 Å². The van der Waals surface area contributed by atoms with E-state index in [9.17, 15) is 13.6 Å². The fraction of sp³-hybridized carbons (Fsp3) is 0. The van der Waals surface area contributed by atoms with Crippen LogP contribution in [-0.2, 0) is 0 Å². The van der Waals surface area contributed by atoms with Crippen LogP contribution in [0.25, 0.3) is 6.08 Å². The van der Waals surface area contributed by atoms with Crippen molar-refractivity contribution >= 4 is 35.1 Å². The minimum atomic E-state index is -1.15. The highest BCUT2D eigenvalue weighted by molar-refractivity contribution is 6.41. The fourth-order valence-electron chi connectivity index (χ4n) is 1.79. The lowest BCUT2D eigenvalue weighted by molar-refractivity contribution is 0.104. The van der Waals surface area contributed by atoms with Gasteiger partial charge < -0.3 is 0 Å². The Morgan fingerprint density at radius 2 is 1.68 bits per heavy atom. The summed E-state index contributed by atoms with van der Waals surface area (Å²) in [4.78, 5) is 12.3. The van der Waals surface area contributed by atoms with Gasteiger partial charge in [0.25, 0.3) is 0 Å². The van der Waals surface area contributed by atoms with E-state index in [4.69, 9.17) is 28.5 Å². The molecule has 0 aliphatic heterocycles. The summed E-state index contributed by atoms with van der Waals surface area (Å²) in [7, 11) is 0. The van der Waals surface area contributed by atoms with Gasteiger partial charge in [-0.05, 0) is 24.3 Å². The third-order valence-electron chi connectivity index (χ3n) is 2.84. The van der Waals surface area contributed by atoms with E-state index in [0.717, 1.165) is 12.1 Å². The zero-order valence-electron chi connectivity index (χ0n) is 10.9. The summed E-state index contributed by atoms with van der Waals surface area (Å²) in [6.07, 6.45) is 0.959. The van der Waals surface area contributed by atoms with Crippen LogP contribution in [0.4, 0.5) is 8.78 Å². The van der Waals surface area contributed by atoms with Gasteiger partial charge >= 0.3 is 0 Å². The first-order chi connectivity index (χ1) is 10.5. The standard InChI is InChI=1S/C16H7Cl2F2NO/c17-11-4-2-5-12(18)14(11)16(22)10(8-21)7-9-3-1-6-13(19)15(9)20/h1-7H. The average molecular weight is 338 g/mol. The molecule has 0 atom stereocenters. The predicted molar refractivity (Wildman–Crippen MR) is 80.7 cm³/mol. The second-order valence-electron chi connectivity index (χ2n) is 4.24. The molecule has 2 aromatic rings. The molecule has 2 aromatic carbocycles.